The molecule has 0 spiro atoms. The lowest BCUT2D eigenvalue weighted by molar-refractivity contribution is 0.0601. The highest BCUT2D eigenvalue weighted by atomic mass is 16.5. The zero-order chi connectivity index (χ0) is 22.5. The Balaban J connectivity index is 1.65. The number of hydrogen-bond acceptors (Lipinski definition) is 3. The molecule has 0 fully saturated rings. The Morgan fingerprint density at radius 2 is 1.78 bits per heavy atom. The number of rotatable bonds is 7. The number of unbranched alkanes of at least 4 members (excludes halogenated alkanes) is 1. The van der Waals surface area contributed by atoms with Crippen molar-refractivity contribution in [2.75, 3.05) is 7.11 Å². The van der Waals surface area contributed by atoms with E-state index < -0.39 is 0 Å². The van der Waals surface area contributed by atoms with Gasteiger partial charge in [0.1, 0.15) is 0 Å². The van der Waals surface area contributed by atoms with E-state index in [2.05, 4.69) is 42.0 Å². The molecular formula is C28H31NO3. The van der Waals surface area contributed by atoms with Gasteiger partial charge >= 0.3 is 5.97 Å². The van der Waals surface area contributed by atoms with Crippen LogP contribution in [-0.2, 0) is 30.5 Å². The lowest BCUT2D eigenvalue weighted by Crippen LogP contribution is -2.26. The van der Waals surface area contributed by atoms with Crippen LogP contribution in [0.3, 0.4) is 0 Å². The smallest absolute Gasteiger partial charge is 0.338 e. The highest BCUT2D eigenvalue weighted by Crippen LogP contribution is 2.26. The molecule has 0 saturated heterocycles. The molecule has 0 N–H and O–H groups in total. The molecule has 0 aliphatic heterocycles. The maximum Gasteiger partial charge on any atom is 0.338 e. The summed E-state index contributed by atoms with van der Waals surface area (Å²) in [7, 11) is 1.40. The predicted molar refractivity (Wildman–Crippen MR) is 128 cm³/mol. The van der Waals surface area contributed by atoms with Crippen molar-refractivity contribution in [2.45, 2.75) is 58.4 Å². The Morgan fingerprint density at radius 3 is 2.53 bits per heavy atom. The largest absolute Gasteiger partial charge is 0.465 e. The summed E-state index contributed by atoms with van der Waals surface area (Å²) in [5.41, 5.74) is 7.08. The molecule has 0 bridgehead atoms. The van der Waals surface area contributed by atoms with Gasteiger partial charge in [-0.2, -0.15) is 0 Å². The first-order valence-corrected chi connectivity index (χ1v) is 11.6. The summed E-state index contributed by atoms with van der Waals surface area (Å²) in [4.78, 5) is 25.1. The Labute approximate surface area is 189 Å². The van der Waals surface area contributed by atoms with Gasteiger partial charge in [-0.25, -0.2) is 4.79 Å². The summed E-state index contributed by atoms with van der Waals surface area (Å²) in [6.07, 6.45) is 9.21. The molecule has 0 amide bonds. The minimum absolute atomic E-state index is 0.277. The van der Waals surface area contributed by atoms with Crippen LogP contribution in [-0.4, -0.2) is 17.6 Å². The van der Waals surface area contributed by atoms with Crippen LogP contribution in [0.4, 0.5) is 0 Å². The van der Waals surface area contributed by atoms with Crippen LogP contribution < -0.4 is 5.43 Å². The first-order chi connectivity index (χ1) is 15.6. The minimum atomic E-state index is -0.329. The van der Waals surface area contributed by atoms with Crippen molar-refractivity contribution in [1.82, 2.24) is 4.57 Å². The van der Waals surface area contributed by atoms with E-state index in [4.69, 9.17) is 4.74 Å². The lowest BCUT2D eigenvalue weighted by atomic mass is 9.92. The molecule has 1 aliphatic rings. The summed E-state index contributed by atoms with van der Waals surface area (Å²) in [5.74, 6) is -0.329. The third kappa shape index (κ3) is 4.55. The number of benzene rings is 2. The summed E-state index contributed by atoms with van der Waals surface area (Å²) < 4.78 is 7.24. The number of esters is 1. The molecule has 4 rings (SSSR count). The first-order valence-electron chi connectivity index (χ1n) is 11.6. The number of aromatic nitrogens is 1. The highest BCUT2D eigenvalue weighted by Gasteiger charge is 2.19. The number of ether oxygens (including phenoxy) is 1. The average molecular weight is 430 g/mol. The Bertz CT molecular complexity index is 1160. The molecule has 3 aromatic rings. The maximum absolute atomic E-state index is 13.0. The summed E-state index contributed by atoms with van der Waals surface area (Å²) >= 11 is 0. The van der Waals surface area contributed by atoms with E-state index >= 15 is 0 Å². The van der Waals surface area contributed by atoms with Crippen molar-refractivity contribution < 1.29 is 9.53 Å². The zero-order valence-corrected chi connectivity index (χ0v) is 19.0. The van der Waals surface area contributed by atoms with Gasteiger partial charge in [0, 0.05) is 29.6 Å². The van der Waals surface area contributed by atoms with Gasteiger partial charge in [-0.15, -0.1) is 0 Å². The Morgan fingerprint density at radius 1 is 1.03 bits per heavy atom. The second kappa shape index (κ2) is 9.99. The van der Waals surface area contributed by atoms with Gasteiger partial charge < -0.3 is 9.30 Å². The number of fused-ring (bicyclic) bond motifs is 1. The number of aryl methyl sites for hydroxylation is 1. The average Bonchev–Trinajstić information content (AvgIpc) is 2.85. The van der Waals surface area contributed by atoms with E-state index in [1.165, 1.54) is 18.4 Å². The van der Waals surface area contributed by atoms with Crippen LogP contribution in [0.1, 0.15) is 65.3 Å². The summed E-state index contributed by atoms with van der Waals surface area (Å²) in [6.45, 7) is 2.91. The van der Waals surface area contributed by atoms with Crippen molar-refractivity contribution in [3.8, 4) is 11.1 Å². The van der Waals surface area contributed by atoms with Crippen LogP contribution in [0.25, 0.3) is 11.1 Å². The predicted octanol–water partition coefficient (Wildman–Crippen LogP) is 5.57. The van der Waals surface area contributed by atoms with Gasteiger partial charge in [0.25, 0.3) is 0 Å². The van der Waals surface area contributed by atoms with E-state index in [9.17, 15) is 9.59 Å². The van der Waals surface area contributed by atoms with Gasteiger partial charge in [-0.1, -0.05) is 55.8 Å². The van der Waals surface area contributed by atoms with Crippen LogP contribution in [0, 0.1) is 0 Å². The molecule has 0 atom stereocenters. The standard InChI is InChI=1S/C28H31NO3/c1-3-4-9-22-19-29(26-13-8-7-12-25(26)27(22)30)18-20-14-16-21(17-15-20)23-10-5-6-11-24(23)28(31)32-2/h5-6,10-11,14-17,19H,3-4,7-9,12-13,18H2,1-2H3. The molecule has 0 unspecified atom stereocenters. The molecule has 32 heavy (non-hydrogen) atoms. The molecule has 4 nitrogen and oxygen atoms in total. The van der Waals surface area contributed by atoms with Crippen LogP contribution >= 0.6 is 0 Å². The molecule has 0 radical (unpaired) electrons. The third-order valence-corrected chi connectivity index (χ3v) is 6.41. The number of nitrogens with zero attached hydrogens (tertiary/aromatic N) is 1. The Kier molecular flexibility index (Phi) is 6.89. The molecule has 1 aromatic heterocycles. The number of hydrogen-bond donors (Lipinski definition) is 0. The van der Waals surface area contributed by atoms with Gasteiger partial charge in [0.05, 0.1) is 12.7 Å². The fourth-order valence-electron chi connectivity index (χ4n) is 4.66. The second-order valence-electron chi connectivity index (χ2n) is 8.58. The maximum atomic E-state index is 13.0. The quantitative estimate of drug-likeness (QED) is 0.461. The fourth-order valence-corrected chi connectivity index (χ4v) is 4.66. The lowest BCUT2D eigenvalue weighted by Gasteiger charge is -2.23. The monoisotopic (exact) mass is 429 g/mol. The minimum Gasteiger partial charge on any atom is -0.465 e. The highest BCUT2D eigenvalue weighted by molar-refractivity contribution is 5.97. The first kappa shape index (κ1) is 22.1. The molecule has 1 heterocycles. The fraction of sp³-hybridized carbons (Fsp3) is 0.357. The van der Waals surface area contributed by atoms with Gasteiger partial charge in [-0.3, -0.25) is 4.79 Å². The van der Waals surface area contributed by atoms with Crippen molar-refractivity contribution >= 4 is 5.97 Å². The molecule has 1 aliphatic carbocycles. The summed E-state index contributed by atoms with van der Waals surface area (Å²) in [6, 6.07) is 15.9. The number of pyridine rings is 1. The van der Waals surface area contributed by atoms with E-state index in [0.717, 1.165) is 73.7 Å². The van der Waals surface area contributed by atoms with Crippen LogP contribution in [0.15, 0.2) is 59.5 Å². The number of methoxy groups -OCH3 is 1. The van der Waals surface area contributed by atoms with Crippen LogP contribution in [0.2, 0.25) is 0 Å². The number of carbonyl (C=O) groups excluding carboxylic acids is 1. The Hall–Kier alpha value is -3.14. The van der Waals surface area contributed by atoms with E-state index in [0.29, 0.717) is 5.56 Å². The molecular weight excluding hydrogens is 398 g/mol. The molecule has 2 aromatic carbocycles. The normalized spacial score (nSPS) is 12.9. The molecule has 166 valence electrons. The molecule has 4 heteroatoms. The van der Waals surface area contributed by atoms with Gasteiger partial charge in [-0.05, 0) is 61.3 Å². The third-order valence-electron chi connectivity index (χ3n) is 6.41. The second-order valence-corrected chi connectivity index (χ2v) is 8.58. The van der Waals surface area contributed by atoms with E-state index in [-0.39, 0.29) is 11.4 Å². The van der Waals surface area contributed by atoms with E-state index in [1.807, 2.05) is 18.2 Å². The van der Waals surface area contributed by atoms with Gasteiger partial charge in [0.2, 0.25) is 0 Å². The molecule has 0 saturated carbocycles. The van der Waals surface area contributed by atoms with Gasteiger partial charge in [0.15, 0.2) is 5.43 Å². The zero-order valence-electron chi connectivity index (χ0n) is 19.0. The van der Waals surface area contributed by atoms with Crippen LogP contribution in [0.5, 0.6) is 0 Å². The number of carbonyl (C=O) groups is 1. The topological polar surface area (TPSA) is 48.3 Å². The van der Waals surface area contributed by atoms with Crippen molar-refractivity contribution in [3.05, 3.63) is 92.9 Å². The van der Waals surface area contributed by atoms with Crippen molar-refractivity contribution in [1.29, 1.82) is 0 Å². The summed E-state index contributed by atoms with van der Waals surface area (Å²) in [5, 5.41) is 0. The van der Waals surface area contributed by atoms with Crippen molar-refractivity contribution in [3.63, 3.8) is 0 Å². The SMILES string of the molecule is CCCCc1cn(Cc2ccc(-c3ccccc3C(=O)OC)cc2)c2c(c1=O)CCCC2. The van der Waals surface area contributed by atoms with E-state index in [1.54, 1.807) is 6.07 Å². The van der Waals surface area contributed by atoms with Crippen molar-refractivity contribution in [2.24, 2.45) is 0 Å².